The number of nitrogens with two attached hydrogens (primary N) is 1. The number of thiocarbonyl (C=S) groups is 1. The smallest absolute Gasteiger partial charge is 0.124 e. The molecule has 0 aliphatic carbocycles. The highest BCUT2D eigenvalue weighted by molar-refractivity contribution is 7.81. The second kappa shape index (κ2) is 4.31. The summed E-state index contributed by atoms with van der Waals surface area (Å²) in [6.45, 7) is 4.00. The largest absolute Gasteiger partial charge is 0.389 e. The highest BCUT2D eigenvalue weighted by Crippen LogP contribution is 2.28. The summed E-state index contributed by atoms with van der Waals surface area (Å²) in [6, 6.07) is 8.26. The molecule has 0 saturated heterocycles. The summed E-state index contributed by atoms with van der Waals surface area (Å²) in [4.78, 5) is 5.83. The van der Waals surface area contributed by atoms with Crippen molar-refractivity contribution in [1.29, 1.82) is 0 Å². The average Bonchev–Trinajstić information content (AvgIpc) is 2.60. The summed E-state index contributed by atoms with van der Waals surface area (Å²) < 4.78 is 0. The molecule has 2 nitrogen and oxygen atoms in total. The standard InChI is InChI=1S/C12H12N2S2/c1-7-4-3-5-9(6-7)12-14-8(2)10(16-12)11(13)15/h3-6H,1-2H3,(H2,13,15). The van der Waals surface area contributed by atoms with Gasteiger partial charge in [0.15, 0.2) is 0 Å². The van der Waals surface area contributed by atoms with Crippen molar-refractivity contribution in [3.05, 3.63) is 40.4 Å². The van der Waals surface area contributed by atoms with E-state index in [-0.39, 0.29) is 0 Å². The zero-order valence-electron chi connectivity index (χ0n) is 9.15. The molecule has 2 rings (SSSR count). The molecule has 0 bridgehead atoms. The Hall–Kier alpha value is -1.26. The van der Waals surface area contributed by atoms with Crippen LogP contribution in [0.2, 0.25) is 0 Å². The molecule has 0 fully saturated rings. The van der Waals surface area contributed by atoms with E-state index in [4.69, 9.17) is 18.0 Å². The summed E-state index contributed by atoms with van der Waals surface area (Å²) >= 11 is 6.54. The maximum Gasteiger partial charge on any atom is 0.124 e. The molecule has 0 atom stereocenters. The lowest BCUT2D eigenvalue weighted by molar-refractivity contribution is 1.26. The molecular formula is C12H12N2S2. The van der Waals surface area contributed by atoms with E-state index >= 15 is 0 Å². The minimum absolute atomic E-state index is 0.425. The number of aromatic nitrogens is 1. The minimum atomic E-state index is 0.425. The lowest BCUT2D eigenvalue weighted by Gasteiger charge is -1.96. The van der Waals surface area contributed by atoms with Crippen LogP contribution in [0.25, 0.3) is 10.6 Å². The van der Waals surface area contributed by atoms with Crippen molar-refractivity contribution < 1.29 is 0 Å². The summed E-state index contributed by atoms with van der Waals surface area (Å²) in [5, 5.41) is 0.976. The zero-order valence-corrected chi connectivity index (χ0v) is 10.8. The van der Waals surface area contributed by atoms with Gasteiger partial charge in [-0.3, -0.25) is 0 Å². The lowest BCUT2D eigenvalue weighted by Crippen LogP contribution is -2.08. The van der Waals surface area contributed by atoms with Crippen LogP contribution in [0, 0.1) is 13.8 Å². The van der Waals surface area contributed by atoms with Crippen molar-refractivity contribution in [2.45, 2.75) is 13.8 Å². The van der Waals surface area contributed by atoms with Crippen molar-refractivity contribution >= 4 is 28.5 Å². The van der Waals surface area contributed by atoms with Crippen LogP contribution in [0.4, 0.5) is 0 Å². The molecule has 0 saturated carbocycles. The molecule has 0 aliphatic heterocycles. The van der Waals surface area contributed by atoms with Gasteiger partial charge in [-0.25, -0.2) is 4.98 Å². The molecule has 4 heteroatoms. The number of benzene rings is 1. The molecule has 1 aromatic carbocycles. The molecule has 2 N–H and O–H groups in total. The van der Waals surface area contributed by atoms with Gasteiger partial charge < -0.3 is 5.73 Å². The molecular weight excluding hydrogens is 236 g/mol. The van der Waals surface area contributed by atoms with Gasteiger partial charge in [0.2, 0.25) is 0 Å². The minimum Gasteiger partial charge on any atom is -0.389 e. The topological polar surface area (TPSA) is 38.9 Å². The van der Waals surface area contributed by atoms with E-state index in [2.05, 4.69) is 30.1 Å². The first kappa shape index (κ1) is 11.2. The number of aryl methyl sites for hydroxylation is 2. The summed E-state index contributed by atoms with van der Waals surface area (Å²) in [5.74, 6) is 0. The van der Waals surface area contributed by atoms with Crippen molar-refractivity contribution in [3.63, 3.8) is 0 Å². The Bertz CT molecular complexity index is 544. The fourth-order valence-corrected chi connectivity index (χ4v) is 2.71. The molecule has 16 heavy (non-hydrogen) atoms. The summed E-state index contributed by atoms with van der Waals surface area (Å²) in [5.41, 5.74) is 8.89. The van der Waals surface area contributed by atoms with Crippen LogP contribution in [-0.2, 0) is 0 Å². The Morgan fingerprint density at radius 3 is 2.69 bits per heavy atom. The second-order valence-corrected chi connectivity index (χ2v) is 5.11. The van der Waals surface area contributed by atoms with Crippen LogP contribution in [0.1, 0.15) is 16.1 Å². The maximum atomic E-state index is 5.64. The third-order valence-electron chi connectivity index (χ3n) is 2.29. The second-order valence-electron chi connectivity index (χ2n) is 3.67. The van der Waals surface area contributed by atoms with E-state index in [9.17, 15) is 0 Å². The van der Waals surface area contributed by atoms with Crippen LogP contribution >= 0.6 is 23.6 Å². The normalized spacial score (nSPS) is 10.4. The molecule has 82 valence electrons. The Balaban J connectivity index is 2.49. The molecule has 0 unspecified atom stereocenters. The van der Waals surface area contributed by atoms with Crippen LogP contribution in [0.3, 0.4) is 0 Å². The van der Waals surface area contributed by atoms with Gasteiger partial charge in [0.05, 0.1) is 10.6 Å². The van der Waals surface area contributed by atoms with Gasteiger partial charge in [-0.2, -0.15) is 0 Å². The van der Waals surface area contributed by atoms with Gasteiger partial charge in [0.1, 0.15) is 10.00 Å². The SMILES string of the molecule is Cc1cccc(-c2nc(C)c(C(N)=S)s2)c1. The maximum absolute atomic E-state index is 5.64. The molecule has 0 radical (unpaired) electrons. The highest BCUT2D eigenvalue weighted by atomic mass is 32.1. The fourth-order valence-electron chi connectivity index (χ4n) is 1.53. The third kappa shape index (κ3) is 2.13. The van der Waals surface area contributed by atoms with Crippen LogP contribution in [0.15, 0.2) is 24.3 Å². The number of rotatable bonds is 2. The summed E-state index contributed by atoms with van der Waals surface area (Å²) in [7, 11) is 0. The zero-order chi connectivity index (χ0) is 11.7. The predicted molar refractivity (Wildman–Crippen MR) is 72.9 cm³/mol. The van der Waals surface area contributed by atoms with Gasteiger partial charge >= 0.3 is 0 Å². The first-order valence-corrected chi connectivity index (χ1v) is 6.14. The van der Waals surface area contributed by atoms with Crippen LogP contribution < -0.4 is 5.73 Å². The monoisotopic (exact) mass is 248 g/mol. The first-order chi connectivity index (χ1) is 7.58. The highest BCUT2D eigenvalue weighted by Gasteiger charge is 2.10. The van der Waals surface area contributed by atoms with Crippen LogP contribution in [-0.4, -0.2) is 9.97 Å². The van der Waals surface area contributed by atoms with Gasteiger partial charge in [-0.1, -0.05) is 36.0 Å². The number of nitrogens with zero attached hydrogens (tertiary/aromatic N) is 1. The van der Waals surface area contributed by atoms with E-state index in [1.807, 2.05) is 13.0 Å². The van der Waals surface area contributed by atoms with Gasteiger partial charge in [-0.05, 0) is 19.9 Å². The molecule has 1 aromatic heterocycles. The Labute approximate surface area is 104 Å². The number of thiazole rings is 1. The number of hydrogen-bond acceptors (Lipinski definition) is 3. The van der Waals surface area contributed by atoms with Crippen molar-refractivity contribution in [2.24, 2.45) is 5.73 Å². The fraction of sp³-hybridized carbons (Fsp3) is 0.167. The van der Waals surface area contributed by atoms with Crippen molar-refractivity contribution in [2.75, 3.05) is 0 Å². The van der Waals surface area contributed by atoms with Gasteiger partial charge in [0, 0.05) is 5.56 Å². The van der Waals surface area contributed by atoms with E-state index in [0.29, 0.717) is 4.99 Å². The van der Waals surface area contributed by atoms with E-state index < -0.39 is 0 Å². The molecule has 0 amide bonds. The average molecular weight is 248 g/mol. The molecule has 0 spiro atoms. The van der Waals surface area contributed by atoms with Crippen molar-refractivity contribution in [1.82, 2.24) is 4.98 Å². The van der Waals surface area contributed by atoms with E-state index in [1.165, 1.54) is 5.56 Å². The molecule has 0 aliphatic rings. The third-order valence-corrected chi connectivity index (χ3v) is 3.86. The Morgan fingerprint density at radius 1 is 1.38 bits per heavy atom. The number of hydrogen-bond donors (Lipinski definition) is 1. The quantitative estimate of drug-likeness (QED) is 0.830. The van der Waals surface area contributed by atoms with Gasteiger partial charge in [0.25, 0.3) is 0 Å². The van der Waals surface area contributed by atoms with Crippen LogP contribution in [0.5, 0.6) is 0 Å². The molecule has 1 heterocycles. The predicted octanol–water partition coefficient (Wildman–Crippen LogP) is 3.06. The van der Waals surface area contributed by atoms with Gasteiger partial charge in [-0.15, -0.1) is 11.3 Å². The molecule has 2 aromatic rings. The van der Waals surface area contributed by atoms with E-state index in [0.717, 1.165) is 21.1 Å². The first-order valence-electron chi connectivity index (χ1n) is 4.92. The Morgan fingerprint density at radius 2 is 2.12 bits per heavy atom. The Kier molecular flexibility index (Phi) is 3.03. The lowest BCUT2D eigenvalue weighted by atomic mass is 10.1. The van der Waals surface area contributed by atoms with E-state index in [1.54, 1.807) is 11.3 Å². The summed E-state index contributed by atoms with van der Waals surface area (Å²) in [6.07, 6.45) is 0. The van der Waals surface area contributed by atoms with Crippen molar-refractivity contribution in [3.8, 4) is 10.6 Å².